The van der Waals surface area contributed by atoms with Crippen LogP contribution in [0.1, 0.15) is 28.8 Å². The molecule has 1 heterocycles. The number of hydrogen-bond donors (Lipinski definition) is 1. The number of aryl methyl sites for hydroxylation is 1. The Balaban J connectivity index is 2.15. The van der Waals surface area contributed by atoms with E-state index in [0.29, 0.717) is 38.2 Å². The van der Waals surface area contributed by atoms with Crippen LogP contribution in [0.15, 0.2) is 18.2 Å². The number of aliphatic hydroxyl groups is 1. The van der Waals surface area contributed by atoms with Gasteiger partial charge in [-0.05, 0) is 19.1 Å². The SMILES string of the molecule is Cc1ccc(N(C)CC2(O)CCOCC2)c(C=O)c1. The quantitative estimate of drug-likeness (QED) is 0.841. The minimum atomic E-state index is -0.724. The third-order valence-electron chi connectivity index (χ3n) is 3.68. The van der Waals surface area contributed by atoms with Crippen LogP contribution in [0, 0.1) is 6.92 Å². The van der Waals surface area contributed by atoms with E-state index in [4.69, 9.17) is 4.74 Å². The van der Waals surface area contributed by atoms with Gasteiger partial charge in [0.25, 0.3) is 0 Å². The van der Waals surface area contributed by atoms with Gasteiger partial charge in [0.05, 0.1) is 5.60 Å². The van der Waals surface area contributed by atoms with E-state index in [9.17, 15) is 9.90 Å². The van der Waals surface area contributed by atoms with E-state index >= 15 is 0 Å². The molecule has 0 atom stereocenters. The van der Waals surface area contributed by atoms with Gasteiger partial charge in [0.2, 0.25) is 0 Å². The van der Waals surface area contributed by atoms with Gasteiger partial charge in [-0.1, -0.05) is 11.6 Å². The van der Waals surface area contributed by atoms with Crippen molar-refractivity contribution in [3.63, 3.8) is 0 Å². The summed E-state index contributed by atoms with van der Waals surface area (Å²) in [5.41, 5.74) is 1.86. The Morgan fingerprint density at radius 1 is 1.42 bits per heavy atom. The molecule has 104 valence electrons. The van der Waals surface area contributed by atoms with Crippen LogP contribution in [0.3, 0.4) is 0 Å². The molecule has 0 radical (unpaired) electrons. The maximum Gasteiger partial charge on any atom is 0.152 e. The van der Waals surface area contributed by atoms with Gasteiger partial charge in [-0.15, -0.1) is 0 Å². The Morgan fingerprint density at radius 2 is 2.11 bits per heavy atom. The lowest BCUT2D eigenvalue weighted by molar-refractivity contribution is -0.0572. The fraction of sp³-hybridized carbons (Fsp3) is 0.533. The van der Waals surface area contributed by atoms with Gasteiger partial charge in [-0.25, -0.2) is 0 Å². The Morgan fingerprint density at radius 3 is 2.74 bits per heavy atom. The molecule has 0 amide bonds. The number of rotatable bonds is 4. The molecule has 0 spiro atoms. The molecule has 0 unspecified atom stereocenters. The number of likely N-dealkylation sites (N-methyl/N-ethyl adjacent to an activating group) is 1. The zero-order chi connectivity index (χ0) is 13.9. The minimum Gasteiger partial charge on any atom is -0.388 e. The van der Waals surface area contributed by atoms with Crippen LogP contribution >= 0.6 is 0 Å². The van der Waals surface area contributed by atoms with Gasteiger partial charge >= 0.3 is 0 Å². The number of benzene rings is 1. The Kier molecular flexibility index (Phi) is 4.22. The summed E-state index contributed by atoms with van der Waals surface area (Å²) in [6.45, 7) is 3.67. The molecule has 1 aromatic rings. The second-order valence-electron chi connectivity index (χ2n) is 5.37. The van der Waals surface area contributed by atoms with Crippen molar-refractivity contribution >= 4 is 12.0 Å². The van der Waals surface area contributed by atoms with E-state index in [1.807, 2.05) is 37.1 Å². The van der Waals surface area contributed by atoms with Crippen LogP contribution in [0.4, 0.5) is 5.69 Å². The van der Waals surface area contributed by atoms with Crippen molar-refractivity contribution in [1.29, 1.82) is 0 Å². The molecule has 19 heavy (non-hydrogen) atoms. The van der Waals surface area contributed by atoms with Crippen molar-refractivity contribution in [2.45, 2.75) is 25.4 Å². The molecule has 1 aromatic carbocycles. The maximum absolute atomic E-state index is 11.1. The monoisotopic (exact) mass is 263 g/mol. The first kappa shape index (κ1) is 14.0. The third-order valence-corrected chi connectivity index (χ3v) is 3.68. The van der Waals surface area contributed by atoms with Crippen LogP contribution in [0.25, 0.3) is 0 Å². The number of carbonyl (C=O) groups is 1. The first-order valence-corrected chi connectivity index (χ1v) is 6.61. The smallest absolute Gasteiger partial charge is 0.152 e. The molecule has 1 aliphatic rings. The molecule has 1 aliphatic heterocycles. The van der Waals surface area contributed by atoms with E-state index in [-0.39, 0.29) is 0 Å². The molecule has 0 saturated carbocycles. The van der Waals surface area contributed by atoms with Crippen molar-refractivity contribution in [1.82, 2.24) is 0 Å². The zero-order valence-electron chi connectivity index (χ0n) is 11.6. The number of aldehydes is 1. The molecule has 1 fully saturated rings. The van der Waals surface area contributed by atoms with Crippen LogP contribution in [0.5, 0.6) is 0 Å². The average molecular weight is 263 g/mol. The van der Waals surface area contributed by atoms with E-state index in [1.165, 1.54) is 0 Å². The first-order valence-electron chi connectivity index (χ1n) is 6.61. The van der Waals surface area contributed by atoms with E-state index in [1.54, 1.807) is 0 Å². The Bertz CT molecular complexity index is 453. The highest BCUT2D eigenvalue weighted by Crippen LogP contribution is 2.26. The Labute approximate surface area is 114 Å². The van der Waals surface area contributed by atoms with Gasteiger partial charge in [0, 0.05) is 50.9 Å². The molecule has 1 saturated heterocycles. The lowest BCUT2D eigenvalue weighted by Gasteiger charge is -2.36. The number of anilines is 1. The normalized spacial score (nSPS) is 18.1. The summed E-state index contributed by atoms with van der Waals surface area (Å²) in [6, 6.07) is 5.78. The van der Waals surface area contributed by atoms with Crippen LogP contribution in [-0.2, 0) is 4.74 Å². The summed E-state index contributed by atoms with van der Waals surface area (Å²) in [5, 5.41) is 10.5. The van der Waals surface area contributed by atoms with Crippen molar-refractivity contribution in [2.24, 2.45) is 0 Å². The maximum atomic E-state index is 11.1. The predicted octanol–water partition coefficient (Wildman–Crippen LogP) is 1.79. The predicted molar refractivity (Wildman–Crippen MR) is 74.8 cm³/mol. The molecule has 2 rings (SSSR count). The topological polar surface area (TPSA) is 49.8 Å². The number of hydrogen-bond acceptors (Lipinski definition) is 4. The van der Waals surface area contributed by atoms with Gasteiger partial charge in [-0.2, -0.15) is 0 Å². The number of nitrogens with zero attached hydrogens (tertiary/aromatic N) is 1. The summed E-state index contributed by atoms with van der Waals surface area (Å²) in [7, 11) is 1.91. The van der Waals surface area contributed by atoms with Gasteiger partial charge in [0.1, 0.15) is 0 Å². The minimum absolute atomic E-state index is 0.514. The van der Waals surface area contributed by atoms with Crippen molar-refractivity contribution < 1.29 is 14.6 Å². The highest BCUT2D eigenvalue weighted by atomic mass is 16.5. The molecule has 0 aromatic heterocycles. The summed E-state index contributed by atoms with van der Waals surface area (Å²) in [4.78, 5) is 13.1. The lowest BCUT2D eigenvalue weighted by Crippen LogP contribution is -2.46. The summed E-state index contributed by atoms with van der Waals surface area (Å²) >= 11 is 0. The van der Waals surface area contributed by atoms with E-state index in [0.717, 1.165) is 17.5 Å². The van der Waals surface area contributed by atoms with Crippen LogP contribution in [-0.4, -0.2) is 43.8 Å². The second kappa shape index (κ2) is 5.72. The van der Waals surface area contributed by atoms with E-state index < -0.39 is 5.60 Å². The number of carbonyl (C=O) groups excluding carboxylic acids is 1. The summed E-state index contributed by atoms with van der Waals surface area (Å²) in [5.74, 6) is 0. The molecule has 4 heteroatoms. The highest BCUT2D eigenvalue weighted by molar-refractivity contribution is 5.84. The summed E-state index contributed by atoms with van der Waals surface area (Å²) < 4.78 is 5.28. The fourth-order valence-corrected chi connectivity index (χ4v) is 2.55. The van der Waals surface area contributed by atoms with Gasteiger partial charge in [-0.3, -0.25) is 4.79 Å². The zero-order valence-corrected chi connectivity index (χ0v) is 11.6. The molecule has 0 aliphatic carbocycles. The lowest BCUT2D eigenvalue weighted by atomic mass is 9.93. The fourth-order valence-electron chi connectivity index (χ4n) is 2.55. The standard InChI is InChI=1S/C15H21NO3/c1-12-3-4-14(13(9-12)10-17)16(2)11-15(18)5-7-19-8-6-15/h3-4,9-10,18H,5-8,11H2,1-2H3. The second-order valence-corrected chi connectivity index (χ2v) is 5.37. The largest absolute Gasteiger partial charge is 0.388 e. The highest BCUT2D eigenvalue weighted by Gasteiger charge is 2.31. The van der Waals surface area contributed by atoms with E-state index in [2.05, 4.69) is 0 Å². The van der Waals surface area contributed by atoms with Crippen LogP contribution in [0.2, 0.25) is 0 Å². The average Bonchev–Trinajstić information content (AvgIpc) is 2.38. The third kappa shape index (κ3) is 3.33. The first-order chi connectivity index (χ1) is 9.04. The van der Waals surface area contributed by atoms with Crippen LogP contribution < -0.4 is 4.90 Å². The van der Waals surface area contributed by atoms with Gasteiger partial charge in [0.15, 0.2) is 6.29 Å². The molecular formula is C15H21NO3. The molecule has 0 bridgehead atoms. The van der Waals surface area contributed by atoms with Gasteiger partial charge < -0.3 is 14.7 Å². The number of ether oxygens (including phenoxy) is 1. The van der Waals surface area contributed by atoms with Crippen molar-refractivity contribution in [3.8, 4) is 0 Å². The molecule has 4 nitrogen and oxygen atoms in total. The Hall–Kier alpha value is -1.39. The molecular weight excluding hydrogens is 242 g/mol. The summed E-state index contributed by atoms with van der Waals surface area (Å²) in [6.07, 6.45) is 2.14. The van der Waals surface area contributed by atoms with Crippen molar-refractivity contribution in [2.75, 3.05) is 31.7 Å². The molecule has 1 N–H and O–H groups in total. The van der Waals surface area contributed by atoms with Crippen molar-refractivity contribution in [3.05, 3.63) is 29.3 Å².